The van der Waals surface area contributed by atoms with E-state index in [1.807, 2.05) is 19.3 Å². The number of aryl methyl sites for hydroxylation is 1. The van der Waals surface area contributed by atoms with Gasteiger partial charge in [-0.3, -0.25) is 4.99 Å². The maximum atomic E-state index is 4.50. The molecule has 2 heterocycles. The first-order chi connectivity index (χ1) is 21.7. The Morgan fingerprint density at radius 1 is 0.933 bits per heavy atom. The number of allylic oxidation sites excluding steroid dienone is 3. The van der Waals surface area contributed by atoms with Crippen molar-refractivity contribution < 1.29 is 0 Å². The summed E-state index contributed by atoms with van der Waals surface area (Å²) in [4.78, 5) is 6.71. The minimum atomic E-state index is 0.0873. The van der Waals surface area contributed by atoms with Crippen molar-refractivity contribution in [3.05, 3.63) is 114 Å². The van der Waals surface area contributed by atoms with Crippen molar-refractivity contribution in [1.29, 1.82) is 0 Å². The van der Waals surface area contributed by atoms with Gasteiger partial charge < -0.3 is 21.3 Å². The van der Waals surface area contributed by atoms with Crippen LogP contribution in [0, 0.1) is 12.8 Å². The van der Waals surface area contributed by atoms with Crippen LogP contribution in [-0.4, -0.2) is 19.3 Å². The molecule has 0 saturated heterocycles. The van der Waals surface area contributed by atoms with E-state index in [0.717, 1.165) is 30.8 Å². The van der Waals surface area contributed by atoms with Gasteiger partial charge in [0.05, 0.1) is 6.04 Å². The molecular formula is C40H55N5. The molecule has 0 aromatic heterocycles. The van der Waals surface area contributed by atoms with Gasteiger partial charge in [-0.25, -0.2) is 0 Å². The van der Waals surface area contributed by atoms with Crippen LogP contribution in [0.15, 0.2) is 102 Å². The lowest BCUT2D eigenvalue weighted by atomic mass is 9.84. The van der Waals surface area contributed by atoms with Crippen LogP contribution >= 0.6 is 0 Å². The van der Waals surface area contributed by atoms with Crippen LogP contribution in [0.3, 0.4) is 0 Å². The Bertz CT molecular complexity index is 1550. The molecular weight excluding hydrogens is 550 g/mol. The summed E-state index contributed by atoms with van der Waals surface area (Å²) in [7, 11) is 1.50. The Morgan fingerprint density at radius 2 is 1.64 bits per heavy atom. The van der Waals surface area contributed by atoms with Gasteiger partial charge >= 0.3 is 0 Å². The van der Waals surface area contributed by atoms with Gasteiger partial charge in [0.1, 0.15) is 5.82 Å². The van der Waals surface area contributed by atoms with Crippen molar-refractivity contribution in [2.45, 2.75) is 86.1 Å². The van der Waals surface area contributed by atoms with E-state index in [4.69, 9.17) is 0 Å². The number of nitrogens with zero attached hydrogens (tertiary/aromatic N) is 2. The smallest absolute Gasteiger partial charge is 0.103 e. The lowest BCUT2D eigenvalue weighted by molar-refractivity contribution is 0.589. The largest absolute Gasteiger partial charge is 0.342 e. The Kier molecular flexibility index (Phi) is 13.2. The summed E-state index contributed by atoms with van der Waals surface area (Å²) in [5, 5.41) is 9.96. The van der Waals surface area contributed by atoms with E-state index in [0.29, 0.717) is 5.92 Å². The van der Waals surface area contributed by atoms with Gasteiger partial charge in [-0.2, -0.15) is 0 Å². The summed E-state index contributed by atoms with van der Waals surface area (Å²) in [6.07, 6.45) is 20.1. The molecule has 0 bridgehead atoms. The monoisotopic (exact) mass is 605 g/mol. The number of aliphatic imine (C=N–C) groups is 1. The first-order valence-electron chi connectivity index (χ1n) is 16.5. The minimum Gasteiger partial charge on any atom is -0.342 e. The van der Waals surface area contributed by atoms with Crippen molar-refractivity contribution in [1.82, 2.24) is 0 Å². The van der Waals surface area contributed by atoms with Crippen LogP contribution in [0.25, 0.3) is 10.8 Å². The summed E-state index contributed by atoms with van der Waals surface area (Å²) in [5.41, 5.74) is 12.1. The zero-order chi connectivity index (χ0) is 33.0. The molecule has 5 rings (SSSR count). The predicted molar refractivity (Wildman–Crippen MR) is 201 cm³/mol. The number of benzene rings is 3. The van der Waals surface area contributed by atoms with Crippen molar-refractivity contribution in [3.63, 3.8) is 0 Å². The van der Waals surface area contributed by atoms with Crippen molar-refractivity contribution in [2.24, 2.45) is 16.6 Å². The number of nitrogens with two attached hydrogens (primary N) is 1. The summed E-state index contributed by atoms with van der Waals surface area (Å²) in [6, 6.07) is 18.1. The number of hydrogen-bond donors (Lipinski definition) is 3. The number of fused-ring (bicyclic) bond motifs is 2. The summed E-state index contributed by atoms with van der Waals surface area (Å²) in [5.74, 6) is 1.33. The number of hydrogen-bond acceptors (Lipinski definition) is 5. The lowest BCUT2D eigenvalue weighted by Crippen LogP contribution is -2.31. The molecule has 0 radical (unpaired) electrons. The molecule has 0 aliphatic carbocycles. The Labute approximate surface area is 272 Å². The average Bonchev–Trinajstić information content (AvgIpc) is 3.46. The molecule has 5 nitrogen and oxygen atoms in total. The maximum absolute atomic E-state index is 4.50. The van der Waals surface area contributed by atoms with Gasteiger partial charge in [-0.05, 0) is 92.6 Å². The van der Waals surface area contributed by atoms with Crippen molar-refractivity contribution >= 4 is 34.0 Å². The second kappa shape index (κ2) is 16.8. The first kappa shape index (κ1) is 35.4. The Hall–Kier alpha value is -4.09. The number of rotatable bonds is 8. The fourth-order valence-electron chi connectivity index (χ4n) is 5.79. The lowest BCUT2D eigenvalue weighted by Gasteiger charge is -2.29. The van der Waals surface area contributed by atoms with Gasteiger partial charge in [0.2, 0.25) is 0 Å². The Morgan fingerprint density at radius 3 is 2.27 bits per heavy atom. The van der Waals surface area contributed by atoms with E-state index >= 15 is 0 Å². The van der Waals surface area contributed by atoms with Crippen LogP contribution in [0.1, 0.15) is 78.0 Å². The molecule has 4 N–H and O–H groups in total. The summed E-state index contributed by atoms with van der Waals surface area (Å²) < 4.78 is 0. The summed E-state index contributed by atoms with van der Waals surface area (Å²) in [6.45, 7) is 17.6. The predicted octanol–water partition coefficient (Wildman–Crippen LogP) is 10.2. The van der Waals surface area contributed by atoms with E-state index < -0.39 is 0 Å². The van der Waals surface area contributed by atoms with Gasteiger partial charge in [0, 0.05) is 52.4 Å². The van der Waals surface area contributed by atoms with Crippen molar-refractivity contribution in [3.8, 4) is 0 Å². The highest BCUT2D eigenvalue weighted by Crippen LogP contribution is 2.38. The highest BCUT2D eigenvalue weighted by atomic mass is 15.2. The first-order valence-corrected chi connectivity index (χ1v) is 16.5. The summed E-state index contributed by atoms with van der Waals surface area (Å²) >= 11 is 0. The number of nitrogens with one attached hydrogen (secondary N) is 2. The second-order valence-corrected chi connectivity index (χ2v) is 12.3. The third kappa shape index (κ3) is 8.76. The molecule has 45 heavy (non-hydrogen) atoms. The van der Waals surface area contributed by atoms with Crippen LogP contribution in [0.5, 0.6) is 0 Å². The molecule has 2 aliphatic heterocycles. The molecule has 0 fully saturated rings. The van der Waals surface area contributed by atoms with Crippen LogP contribution in [0.2, 0.25) is 0 Å². The SMILES string of the molecule is CC=CCC.CCC=C(Nc1cc(C(C)(C)C)cc(C)c1CC)Nc1ccc(N2C=CC3C=NC=CC32)c2ccccc12.CN. The molecule has 2 aliphatic rings. The van der Waals surface area contributed by atoms with E-state index in [1.54, 1.807) is 0 Å². The Balaban J connectivity index is 0.000000719. The molecule has 0 amide bonds. The van der Waals surface area contributed by atoms with Crippen molar-refractivity contribution in [2.75, 3.05) is 22.6 Å². The van der Waals surface area contributed by atoms with E-state index in [-0.39, 0.29) is 11.5 Å². The second-order valence-electron chi connectivity index (χ2n) is 12.3. The highest BCUT2D eigenvalue weighted by molar-refractivity contribution is 6.03. The third-order valence-corrected chi connectivity index (χ3v) is 8.10. The topological polar surface area (TPSA) is 65.7 Å². The fourth-order valence-corrected chi connectivity index (χ4v) is 5.79. The fraction of sp³-hybridized carbons (Fsp3) is 0.375. The van der Waals surface area contributed by atoms with E-state index in [1.165, 1.54) is 45.9 Å². The van der Waals surface area contributed by atoms with Gasteiger partial charge in [0.25, 0.3) is 0 Å². The van der Waals surface area contributed by atoms with Gasteiger partial charge in [0.15, 0.2) is 0 Å². The standard InChI is InChI=1S/C34H40N4.C5H10.CH5N/c1-7-11-33(37-30-21-25(34(4,5)6)20-23(3)26(30)8-2)36-29-14-15-32(28-13-10-9-12-27(28)29)38-19-17-24-22-35-18-16-31(24)38;1-3-5-4-2;1-2/h9-22,24,31,36-37H,7-8H2,1-6H3;3,5H,4H2,1-2H3;2H2,1H3. The van der Waals surface area contributed by atoms with Crippen LogP contribution < -0.4 is 21.3 Å². The molecule has 5 heteroatoms. The molecule has 2 unspecified atom stereocenters. The molecule has 240 valence electrons. The van der Waals surface area contributed by atoms with Gasteiger partial charge in [-0.15, -0.1) is 0 Å². The number of anilines is 3. The van der Waals surface area contributed by atoms with Crippen LogP contribution in [-0.2, 0) is 11.8 Å². The molecule has 2 atom stereocenters. The zero-order valence-corrected chi connectivity index (χ0v) is 29.0. The van der Waals surface area contributed by atoms with Gasteiger partial charge in [-0.1, -0.05) is 90.1 Å². The third-order valence-electron chi connectivity index (χ3n) is 8.10. The molecule has 3 aromatic rings. The normalized spacial score (nSPS) is 17.1. The zero-order valence-electron chi connectivity index (χ0n) is 29.0. The molecule has 0 spiro atoms. The van der Waals surface area contributed by atoms with Crippen LogP contribution in [0.4, 0.5) is 17.1 Å². The molecule has 0 saturated carbocycles. The highest BCUT2D eigenvalue weighted by Gasteiger charge is 2.29. The minimum absolute atomic E-state index is 0.0873. The maximum Gasteiger partial charge on any atom is 0.103 e. The quantitative estimate of drug-likeness (QED) is 0.224. The van der Waals surface area contributed by atoms with E-state index in [9.17, 15) is 0 Å². The molecule has 3 aromatic carbocycles. The average molecular weight is 606 g/mol. The van der Waals surface area contributed by atoms with E-state index in [2.05, 4.69) is 160 Å².